The van der Waals surface area contributed by atoms with Crippen LogP contribution >= 0.6 is 11.3 Å². The van der Waals surface area contributed by atoms with E-state index in [0.717, 1.165) is 62.8 Å². The highest BCUT2D eigenvalue weighted by atomic mass is 32.1. The van der Waals surface area contributed by atoms with Gasteiger partial charge in [0.05, 0.1) is 22.9 Å². The summed E-state index contributed by atoms with van der Waals surface area (Å²) >= 11 is 1.17. The molecule has 2 aromatic rings. The van der Waals surface area contributed by atoms with Gasteiger partial charge in [-0.1, -0.05) is 18.8 Å². The van der Waals surface area contributed by atoms with Crippen molar-refractivity contribution in [3.8, 4) is 17.6 Å². The molecule has 2 heterocycles. The molecule has 7 heteroatoms. The molecule has 0 aromatic carbocycles. The first-order valence-electron chi connectivity index (χ1n) is 13.8. The zero-order chi connectivity index (χ0) is 27.4. The first-order chi connectivity index (χ1) is 18.0. The van der Waals surface area contributed by atoms with E-state index in [4.69, 9.17) is 4.74 Å². The van der Waals surface area contributed by atoms with Crippen LogP contribution in [0.4, 0.5) is 5.69 Å². The Morgan fingerprint density at radius 1 is 1.08 bits per heavy atom. The van der Waals surface area contributed by atoms with Crippen molar-refractivity contribution in [2.45, 2.75) is 98.1 Å². The molecule has 38 heavy (non-hydrogen) atoms. The molecule has 0 atom stereocenters. The van der Waals surface area contributed by atoms with E-state index in [9.17, 15) is 14.7 Å². The maximum atomic E-state index is 14.1. The number of aryl methyl sites for hydroxylation is 1. The van der Waals surface area contributed by atoms with Gasteiger partial charge < -0.3 is 14.7 Å². The van der Waals surface area contributed by atoms with E-state index >= 15 is 0 Å². The highest BCUT2D eigenvalue weighted by Crippen LogP contribution is 2.39. The summed E-state index contributed by atoms with van der Waals surface area (Å²) in [5, 5.41) is 10.1. The zero-order valence-corrected chi connectivity index (χ0v) is 24.1. The lowest BCUT2D eigenvalue weighted by Crippen LogP contribution is -2.47. The van der Waals surface area contributed by atoms with Crippen LogP contribution in [0.5, 0.6) is 5.75 Å². The summed E-state index contributed by atoms with van der Waals surface area (Å²) in [7, 11) is 0. The van der Waals surface area contributed by atoms with Crippen molar-refractivity contribution in [2.24, 2.45) is 17.3 Å². The molecule has 0 aliphatic heterocycles. The van der Waals surface area contributed by atoms with E-state index in [0.29, 0.717) is 16.5 Å². The number of carboxylic acid groups (broad SMARTS) is 1. The number of pyridine rings is 1. The van der Waals surface area contributed by atoms with Gasteiger partial charge in [-0.3, -0.25) is 9.78 Å². The van der Waals surface area contributed by atoms with Gasteiger partial charge in [-0.2, -0.15) is 0 Å². The molecule has 4 rings (SSSR count). The van der Waals surface area contributed by atoms with Gasteiger partial charge in [-0.15, -0.1) is 11.3 Å². The molecule has 0 saturated heterocycles. The molecule has 204 valence electrons. The number of anilines is 1. The van der Waals surface area contributed by atoms with Crippen molar-refractivity contribution < 1.29 is 19.4 Å². The minimum absolute atomic E-state index is 0.0536. The van der Waals surface area contributed by atoms with E-state index in [1.807, 2.05) is 50.8 Å². The third-order valence-electron chi connectivity index (χ3n) is 7.53. The van der Waals surface area contributed by atoms with Gasteiger partial charge in [0.2, 0.25) is 5.91 Å². The smallest absolute Gasteiger partial charge is 0.348 e. The molecule has 2 aliphatic rings. The molecule has 2 saturated carbocycles. The van der Waals surface area contributed by atoms with Crippen LogP contribution in [0, 0.1) is 36.0 Å². The maximum Gasteiger partial charge on any atom is 0.348 e. The average molecular weight is 537 g/mol. The summed E-state index contributed by atoms with van der Waals surface area (Å²) < 4.78 is 6.19. The summed E-state index contributed by atoms with van der Waals surface area (Å²) in [4.78, 5) is 33.5. The molecule has 2 aliphatic carbocycles. The van der Waals surface area contributed by atoms with Crippen molar-refractivity contribution in [1.82, 2.24) is 4.98 Å². The van der Waals surface area contributed by atoms with Crippen molar-refractivity contribution in [1.29, 1.82) is 0 Å². The number of aromatic nitrogens is 1. The van der Waals surface area contributed by atoms with E-state index in [1.165, 1.54) is 11.3 Å². The molecule has 0 bridgehead atoms. The van der Waals surface area contributed by atoms with Crippen LogP contribution in [-0.4, -0.2) is 34.1 Å². The minimum Gasteiger partial charge on any atom is -0.489 e. The van der Waals surface area contributed by atoms with Gasteiger partial charge in [-0.25, -0.2) is 4.79 Å². The number of carbonyl (C=O) groups excluding carboxylic acids is 1. The largest absolute Gasteiger partial charge is 0.489 e. The quantitative estimate of drug-likeness (QED) is 0.399. The summed E-state index contributed by atoms with van der Waals surface area (Å²) in [5.74, 6) is 6.76. The van der Waals surface area contributed by atoms with Crippen LogP contribution in [0.2, 0.25) is 0 Å². The second kappa shape index (κ2) is 11.9. The second-order valence-corrected chi connectivity index (χ2v) is 13.0. The Balaban J connectivity index is 1.60. The molecule has 0 spiro atoms. The molecule has 1 amide bonds. The number of rotatable bonds is 6. The lowest BCUT2D eigenvalue weighted by Gasteiger charge is -2.39. The number of carboxylic acids is 1. The normalized spacial score (nSPS) is 23.7. The summed E-state index contributed by atoms with van der Waals surface area (Å²) in [6.45, 7) is 10.3. The SMILES string of the molecule is Cc1ccc(OC2CCC(N(C(=O)C3CCC(C)CC3)c3cc(C#CC(C)(C)C)sc3C(=O)O)CC2)cn1. The summed E-state index contributed by atoms with van der Waals surface area (Å²) in [6, 6.07) is 5.65. The van der Waals surface area contributed by atoms with Gasteiger partial charge in [0.1, 0.15) is 10.6 Å². The molecule has 0 unspecified atom stereocenters. The van der Waals surface area contributed by atoms with E-state index in [2.05, 4.69) is 23.7 Å². The minimum atomic E-state index is -1.01. The Hall–Kier alpha value is -2.85. The number of thiophene rings is 1. The molecular formula is C31H40N2O4S. The second-order valence-electron chi connectivity index (χ2n) is 12.0. The molecule has 6 nitrogen and oxygen atoms in total. The van der Waals surface area contributed by atoms with Crippen molar-refractivity contribution in [3.63, 3.8) is 0 Å². The molecular weight excluding hydrogens is 496 g/mol. The van der Waals surface area contributed by atoms with E-state index < -0.39 is 5.97 Å². The number of nitrogens with zero attached hydrogens (tertiary/aromatic N) is 2. The number of hydrogen-bond acceptors (Lipinski definition) is 5. The van der Waals surface area contributed by atoms with Gasteiger partial charge >= 0.3 is 5.97 Å². The van der Waals surface area contributed by atoms with Crippen LogP contribution in [0.1, 0.15) is 99.3 Å². The predicted octanol–water partition coefficient (Wildman–Crippen LogP) is 7.10. The fourth-order valence-corrected chi connectivity index (χ4v) is 6.20. The predicted molar refractivity (Wildman–Crippen MR) is 152 cm³/mol. The summed E-state index contributed by atoms with van der Waals surface area (Å²) in [5.41, 5.74) is 1.26. The van der Waals surface area contributed by atoms with Gasteiger partial charge in [-0.05, 0) is 103 Å². The Morgan fingerprint density at radius 2 is 1.76 bits per heavy atom. The Bertz CT molecular complexity index is 1190. The number of aromatic carboxylic acids is 1. The Kier molecular flexibility index (Phi) is 8.82. The van der Waals surface area contributed by atoms with Crippen LogP contribution in [-0.2, 0) is 4.79 Å². The lowest BCUT2D eigenvalue weighted by molar-refractivity contribution is -0.124. The number of ether oxygens (including phenoxy) is 1. The van der Waals surface area contributed by atoms with Crippen LogP contribution in [0.25, 0.3) is 0 Å². The monoisotopic (exact) mass is 536 g/mol. The lowest BCUT2D eigenvalue weighted by atomic mass is 9.81. The number of amides is 1. The molecule has 2 fully saturated rings. The third kappa shape index (κ3) is 7.17. The molecule has 2 aromatic heterocycles. The Morgan fingerprint density at radius 3 is 2.34 bits per heavy atom. The average Bonchev–Trinajstić information content (AvgIpc) is 3.30. The highest BCUT2D eigenvalue weighted by molar-refractivity contribution is 7.15. The molecule has 1 N–H and O–H groups in total. The zero-order valence-electron chi connectivity index (χ0n) is 23.3. The first kappa shape index (κ1) is 28.2. The molecule has 0 radical (unpaired) electrons. The first-order valence-corrected chi connectivity index (χ1v) is 14.6. The third-order valence-corrected chi connectivity index (χ3v) is 8.55. The van der Waals surface area contributed by atoms with Crippen LogP contribution in [0.3, 0.4) is 0 Å². The van der Waals surface area contributed by atoms with Crippen LogP contribution in [0.15, 0.2) is 24.4 Å². The maximum absolute atomic E-state index is 14.1. The van der Waals surface area contributed by atoms with Crippen molar-refractivity contribution >= 4 is 28.9 Å². The van der Waals surface area contributed by atoms with Gasteiger partial charge in [0, 0.05) is 23.1 Å². The van der Waals surface area contributed by atoms with E-state index in [1.54, 1.807) is 6.20 Å². The number of carbonyl (C=O) groups is 2. The highest BCUT2D eigenvalue weighted by Gasteiger charge is 2.37. The standard InChI is InChI=1S/C31H40N2O4S/c1-20-6-9-22(10-7-20)29(34)33(27-18-26(16-17-31(3,4)5)38-28(27)30(35)36)23-11-14-24(15-12-23)37-25-13-8-21(2)32-19-25/h8,13,18-20,22-24H,6-7,9-12,14-15H2,1-5H3,(H,35,36). The Labute approximate surface area is 230 Å². The van der Waals surface area contributed by atoms with Gasteiger partial charge in [0.25, 0.3) is 0 Å². The van der Waals surface area contributed by atoms with Gasteiger partial charge in [0.15, 0.2) is 0 Å². The topological polar surface area (TPSA) is 79.7 Å². The van der Waals surface area contributed by atoms with Crippen LogP contribution < -0.4 is 9.64 Å². The van der Waals surface area contributed by atoms with Crippen molar-refractivity contribution in [2.75, 3.05) is 4.90 Å². The number of hydrogen-bond donors (Lipinski definition) is 1. The fraction of sp³-hybridized carbons (Fsp3) is 0.581. The summed E-state index contributed by atoms with van der Waals surface area (Å²) in [6.07, 6.45) is 8.72. The van der Waals surface area contributed by atoms with E-state index in [-0.39, 0.29) is 34.3 Å². The van der Waals surface area contributed by atoms with Crippen molar-refractivity contribution in [3.05, 3.63) is 39.8 Å². The fourth-order valence-electron chi connectivity index (χ4n) is 5.36.